The summed E-state index contributed by atoms with van der Waals surface area (Å²) in [7, 11) is 3.63. The van der Waals surface area contributed by atoms with Crippen LogP contribution < -0.4 is 10.1 Å². The van der Waals surface area contributed by atoms with Gasteiger partial charge in [0.2, 0.25) is 0 Å². The number of benzene rings is 1. The first kappa shape index (κ1) is 13.9. The van der Waals surface area contributed by atoms with E-state index in [1.165, 1.54) is 5.56 Å². The lowest BCUT2D eigenvalue weighted by atomic mass is 9.63. The Hall–Kier alpha value is -1.53. The van der Waals surface area contributed by atoms with Gasteiger partial charge in [-0.05, 0) is 39.3 Å². The van der Waals surface area contributed by atoms with Crippen LogP contribution in [0.2, 0.25) is 0 Å². The first-order valence-electron chi connectivity index (χ1n) is 6.81. The summed E-state index contributed by atoms with van der Waals surface area (Å²) in [6, 6.07) is 6.84. The Labute approximate surface area is 115 Å². The van der Waals surface area contributed by atoms with Gasteiger partial charge in [-0.3, -0.25) is 0 Å². The number of hydrogen-bond acceptors (Lipinski definition) is 3. The number of hydrogen-bond donors (Lipinski definition) is 1. The summed E-state index contributed by atoms with van der Waals surface area (Å²) in [5.41, 5.74) is 3.18. The summed E-state index contributed by atoms with van der Waals surface area (Å²) in [5.74, 6) is 0.909. The zero-order valence-corrected chi connectivity index (χ0v) is 12.2. The van der Waals surface area contributed by atoms with Crippen molar-refractivity contribution < 1.29 is 4.74 Å². The highest BCUT2D eigenvalue weighted by Crippen LogP contribution is 2.51. The van der Waals surface area contributed by atoms with Crippen molar-refractivity contribution in [3.8, 4) is 11.8 Å². The van der Waals surface area contributed by atoms with E-state index in [1.807, 2.05) is 7.05 Å². The van der Waals surface area contributed by atoms with Crippen molar-refractivity contribution in [2.75, 3.05) is 14.2 Å². The quantitative estimate of drug-likeness (QED) is 0.901. The van der Waals surface area contributed by atoms with Crippen LogP contribution in [0, 0.1) is 30.6 Å². The molecule has 0 aromatic heterocycles. The molecule has 1 aliphatic carbocycles. The van der Waals surface area contributed by atoms with Crippen LogP contribution in [0.3, 0.4) is 0 Å². The molecule has 102 valence electrons. The van der Waals surface area contributed by atoms with Crippen molar-refractivity contribution in [2.45, 2.75) is 39.2 Å². The molecule has 1 N–H and O–H groups in total. The Kier molecular flexibility index (Phi) is 3.82. The molecule has 0 aliphatic heterocycles. The van der Waals surface area contributed by atoms with Crippen LogP contribution >= 0.6 is 0 Å². The predicted molar refractivity (Wildman–Crippen MR) is 76.2 cm³/mol. The topological polar surface area (TPSA) is 45.0 Å². The summed E-state index contributed by atoms with van der Waals surface area (Å²) in [6.07, 6.45) is 3.06. The molecule has 1 aromatic carbocycles. The Morgan fingerprint density at radius 2 is 2.05 bits per heavy atom. The summed E-state index contributed by atoms with van der Waals surface area (Å²) < 4.78 is 5.57. The van der Waals surface area contributed by atoms with Crippen molar-refractivity contribution >= 4 is 0 Å². The lowest BCUT2D eigenvalue weighted by Crippen LogP contribution is -2.41. The number of aryl methyl sites for hydroxylation is 2. The number of rotatable bonds is 4. The fourth-order valence-electron chi connectivity index (χ4n) is 3.23. The third-order valence-corrected chi connectivity index (χ3v) is 4.27. The number of ether oxygens (including phenoxy) is 1. The molecule has 1 aromatic rings. The maximum absolute atomic E-state index is 9.57. The Bertz CT molecular complexity index is 512. The summed E-state index contributed by atoms with van der Waals surface area (Å²) in [4.78, 5) is 0. The molecule has 2 rings (SSSR count). The molecular formula is C16H22N2O. The molecule has 0 radical (unpaired) electrons. The highest BCUT2D eigenvalue weighted by Gasteiger charge is 2.45. The molecule has 0 amide bonds. The zero-order valence-electron chi connectivity index (χ0n) is 12.2. The minimum atomic E-state index is -0.276. The molecule has 0 saturated heterocycles. The first-order chi connectivity index (χ1) is 9.07. The van der Waals surface area contributed by atoms with E-state index < -0.39 is 0 Å². The number of nitrogens with zero attached hydrogens (tertiary/aromatic N) is 1. The second-order valence-corrected chi connectivity index (χ2v) is 5.55. The molecule has 1 saturated carbocycles. The average molecular weight is 258 g/mol. The lowest BCUT2D eigenvalue weighted by Gasteiger charge is -2.42. The van der Waals surface area contributed by atoms with Gasteiger partial charge >= 0.3 is 0 Å². The zero-order chi connectivity index (χ0) is 14.0. The molecule has 0 bridgehead atoms. The van der Waals surface area contributed by atoms with Gasteiger partial charge in [-0.25, -0.2) is 0 Å². The first-order valence-corrected chi connectivity index (χ1v) is 6.81. The molecular weight excluding hydrogens is 236 g/mol. The van der Waals surface area contributed by atoms with Gasteiger partial charge < -0.3 is 10.1 Å². The SMILES string of the molecule is CNC(c1cc(C)cc(C)c1OC)C1(C#N)CCC1. The molecule has 3 nitrogen and oxygen atoms in total. The van der Waals surface area contributed by atoms with Gasteiger partial charge in [0.1, 0.15) is 5.75 Å². The van der Waals surface area contributed by atoms with Crippen LogP contribution in [0.25, 0.3) is 0 Å². The van der Waals surface area contributed by atoms with Crippen molar-refractivity contribution in [3.63, 3.8) is 0 Å². The fraction of sp³-hybridized carbons (Fsp3) is 0.562. The molecule has 1 atom stereocenters. The average Bonchev–Trinajstić information content (AvgIpc) is 2.32. The van der Waals surface area contributed by atoms with Crippen LogP contribution in [0.15, 0.2) is 12.1 Å². The predicted octanol–water partition coefficient (Wildman–Crippen LogP) is 3.27. The second-order valence-electron chi connectivity index (χ2n) is 5.55. The fourth-order valence-corrected chi connectivity index (χ4v) is 3.23. The molecule has 0 heterocycles. The third kappa shape index (κ3) is 2.21. The van der Waals surface area contributed by atoms with Crippen LogP contribution in [0.1, 0.15) is 42.0 Å². The van der Waals surface area contributed by atoms with Crippen LogP contribution in [-0.2, 0) is 0 Å². The van der Waals surface area contributed by atoms with Crippen molar-refractivity contribution in [1.82, 2.24) is 5.32 Å². The van der Waals surface area contributed by atoms with E-state index in [2.05, 4.69) is 37.4 Å². The summed E-state index contributed by atoms with van der Waals surface area (Å²) in [5, 5.41) is 12.9. The van der Waals surface area contributed by atoms with E-state index in [4.69, 9.17) is 4.74 Å². The van der Waals surface area contributed by atoms with Crippen molar-refractivity contribution in [2.24, 2.45) is 5.41 Å². The highest BCUT2D eigenvalue weighted by molar-refractivity contribution is 5.47. The van der Waals surface area contributed by atoms with E-state index in [0.29, 0.717) is 0 Å². The lowest BCUT2D eigenvalue weighted by molar-refractivity contribution is 0.146. The summed E-state index contributed by atoms with van der Waals surface area (Å²) in [6.45, 7) is 4.14. The van der Waals surface area contributed by atoms with E-state index in [0.717, 1.165) is 36.1 Å². The molecule has 19 heavy (non-hydrogen) atoms. The monoisotopic (exact) mass is 258 g/mol. The van der Waals surface area contributed by atoms with Crippen molar-refractivity contribution in [3.05, 3.63) is 28.8 Å². The van der Waals surface area contributed by atoms with Gasteiger partial charge in [-0.1, -0.05) is 24.1 Å². The van der Waals surface area contributed by atoms with Crippen LogP contribution in [0.4, 0.5) is 0 Å². The molecule has 1 aliphatic rings. The smallest absolute Gasteiger partial charge is 0.126 e. The second kappa shape index (κ2) is 5.22. The van der Waals surface area contributed by atoms with Crippen molar-refractivity contribution in [1.29, 1.82) is 5.26 Å². The van der Waals surface area contributed by atoms with Crippen LogP contribution in [-0.4, -0.2) is 14.2 Å². The largest absolute Gasteiger partial charge is 0.496 e. The molecule has 0 spiro atoms. The minimum Gasteiger partial charge on any atom is -0.496 e. The maximum Gasteiger partial charge on any atom is 0.126 e. The Morgan fingerprint density at radius 3 is 2.47 bits per heavy atom. The Morgan fingerprint density at radius 1 is 1.37 bits per heavy atom. The molecule has 1 fully saturated rings. The van der Waals surface area contributed by atoms with E-state index in [-0.39, 0.29) is 11.5 Å². The van der Waals surface area contributed by atoms with Gasteiger partial charge in [0.15, 0.2) is 0 Å². The number of nitrogens with one attached hydrogen (secondary N) is 1. The van der Waals surface area contributed by atoms with Crippen LogP contribution in [0.5, 0.6) is 5.75 Å². The number of methoxy groups -OCH3 is 1. The molecule has 1 unspecified atom stereocenters. The highest BCUT2D eigenvalue weighted by atomic mass is 16.5. The maximum atomic E-state index is 9.57. The Balaban J connectivity index is 2.52. The van der Waals surface area contributed by atoms with E-state index in [1.54, 1.807) is 7.11 Å². The summed E-state index contributed by atoms with van der Waals surface area (Å²) >= 11 is 0. The third-order valence-electron chi connectivity index (χ3n) is 4.27. The standard InChI is InChI=1S/C16H22N2O/c1-11-8-12(2)14(19-4)13(9-11)15(18-3)16(10-17)6-5-7-16/h8-9,15,18H,5-7H2,1-4H3. The van der Waals surface area contributed by atoms with Gasteiger partial charge in [0.25, 0.3) is 0 Å². The van der Waals surface area contributed by atoms with E-state index in [9.17, 15) is 5.26 Å². The van der Waals surface area contributed by atoms with E-state index >= 15 is 0 Å². The minimum absolute atomic E-state index is 0.0415. The van der Waals surface area contributed by atoms with Gasteiger partial charge in [-0.2, -0.15) is 5.26 Å². The van der Waals surface area contributed by atoms with Gasteiger partial charge in [0.05, 0.1) is 24.6 Å². The number of nitriles is 1. The normalized spacial score (nSPS) is 18.3. The van der Waals surface area contributed by atoms with Gasteiger partial charge in [-0.15, -0.1) is 0 Å². The van der Waals surface area contributed by atoms with Gasteiger partial charge in [0, 0.05) is 5.56 Å². The molecule has 3 heteroatoms.